The number of carboxylic acids is 1. The van der Waals surface area contributed by atoms with E-state index in [4.69, 9.17) is 11.5 Å². The molecule has 0 aliphatic rings. The zero-order valence-corrected chi connectivity index (χ0v) is 10.2. The van der Waals surface area contributed by atoms with Gasteiger partial charge in [-0.25, -0.2) is 4.79 Å². The van der Waals surface area contributed by atoms with Gasteiger partial charge in [-0.05, 0) is 32.0 Å². The first-order valence-electron chi connectivity index (χ1n) is 5.24. The number of nitrogens with one attached hydrogen (secondary N) is 1. The van der Waals surface area contributed by atoms with Crippen LogP contribution in [0.25, 0.3) is 0 Å². The summed E-state index contributed by atoms with van der Waals surface area (Å²) < 4.78 is 0. The largest absolute Gasteiger partial charge is 0.478 e. The summed E-state index contributed by atoms with van der Waals surface area (Å²) in [6.07, 6.45) is 5.25. The number of anilines is 1. The zero-order valence-electron chi connectivity index (χ0n) is 10.2. The molecule has 0 unspecified atom stereocenters. The standard InChI is InChI=1S/C14H13NO3/c1-4-11-6-5-7-12(8-11)15-13(16)9(2)10(3)14(17)18/h1,5-8H,2-3H3,(H,15,16)(H,17,18)/b10-9-. The fourth-order valence-corrected chi connectivity index (χ4v) is 1.24. The monoisotopic (exact) mass is 243 g/mol. The van der Waals surface area contributed by atoms with Gasteiger partial charge in [-0.1, -0.05) is 12.0 Å². The van der Waals surface area contributed by atoms with Gasteiger partial charge < -0.3 is 10.4 Å². The number of carbonyl (C=O) groups is 2. The highest BCUT2D eigenvalue weighted by molar-refractivity contribution is 6.08. The van der Waals surface area contributed by atoms with Gasteiger partial charge in [-0.3, -0.25) is 4.79 Å². The smallest absolute Gasteiger partial charge is 0.331 e. The molecule has 0 spiro atoms. The molecule has 2 N–H and O–H groups in total. The predicted molar refractivity (Wildman–Crippen MR) is 69.0 cm³/mol. The number of aliphatic carboxylic acids is 1. The van der Waals surface area contributed by atoms with E-state index in [0.29, 0.717) is 11.3 Å². The van der Waals surface area contributed by atoms with E-state index in [9.17, 15) is 9.59 Å². The molecule has 4 nitrogen and oxygen atoms in total. The third kappa shape index (κ3) is 3.22. The van der Waals surface area contributed by atoms with Crippen LogP contribution in [0, 0.1) is 12.3 Å². The molecular formula is C14H13NO3. The van der Waals surface area contributed by atoms with Crippen LogP contribution in [0.15, 0.2) is 35.4 Å². The molecule has 1 aromatic rings. The van der Waals surface area contributed by atoms with Crippen molar-refractivity contribution in [1.82, 2.24) is 0 Å². The molecule has 0 aromatic heterocycles. The van der Waals surface area contributed by atoms with Crippen molar-refractivity contribution in [3.05, 3.63) is 41.0 Å². The van der Waals surface area contributed by atoms with Gasteiger partial charge in [-0.2, -0.15) is 0 Å². The number of hydrogen-bond acceptors (Lipinski definition) is 2. The SMILES string of the molecule is C#Cc1cccc(NC(=O)/C(C)=C(/C)C(=O)O)c1. The normalized spacial score (nSPS) is 11.2. The lowest BCUT2D eigenvalue weighted by Crippen LogP contribution is -2.16. The number of rotatable bonds is 3. The van der Waals surface area contributed by atoms with Gasteiger partial charge in [0.05, 0.1) is 0 Å². The minimum Gasteiger partial charge on any atom is -0.478 e. The van der Waals surface area contributed by atoms with Gasteiger partial charge in [0.25, 0.3) is 5.91 Å². The lowest BCUT2D eigenvalue weighted by atomic mass is 10.1. The maximum atomic E-state index is 11.8. The summed E-state index contributed by atoms with van der Waals surface area (Å²) in [6.45, 7) is 2.85. The van der Waals surface area contributed by atoms with Crippen molar-refractivity contribution in [3.63, 3.8) is 0 Å². The van der Waals surface area contributed by atoms with Crippen molar-refractivity contribution in [2.24, 2.45) is 0 Å². The van der Waals surface area contributed by atoms with E-state index in [2.05, 4.69) is 11.2 Å². The predicted octanol–water partition coefficient (Wildman–Crippen LogP) is 2.03. The van der Waals surface area contributed by atoms with Gasteiger partial charge in [0.1, 0.15) is 0 Å². The summed E-state index contributed by atoms with van der Waals surface area (Å²) in [5.41, 5.74) is 1.35. The molecule has 1 amide bonds. The molecule has 1 rings (SSSR count). The molecule has 0 fully saturated rings. The Morgan fingerprint density at radius 2 is 1.94 bits per heavy atom. The van der Waals surface area contributed by atoms with E-state index in [0.717, 1.165) is 0 Å². The second-order valence-corrected chi connectivity index (χ2v) is 3.73. The van der Waals surface area contributed by atoms with Crippen LogP contribution >= 0.6 is 0 Å². The molecule has 0 bridgehead atoms. The Morgan fingerprint density at radius 3 is 2.50 bits per heavy atom. The van der Waals surface area contributed by atoms with Crippen molar-refractivity contribution in [1.29, 1.82) is 0 Å². The average Bonchev–Trinajstić information content (AvgIpc) is 2.36. The van der Waals surface area contributed by atoms with Gasteiger partial charge in [-0.15, -0.1) is 6.42 Å². The molecule has 0 saturated carbocycles. The number of carboxylic acid groups (broad SMARTS) is 1. The van der Waals surface area contributed by atoms with Gasteiger partial charge in [0.15, 0.2) is 0 Å². The van der Waals surface area contributed by atoms with E-state index >= 15 is 0 Å². The first kappa shape index (κ1) is 13.5. The summed E-state index contributed by atoms with van der Waals surface area (Å²) in [5, 5.41) is 11.4. The molecule has 0 atom stereocenters. The molecule has 0 saturated heterocycles. The Bertz CT molecular complexity index is 565. The Balaban J connectivity index is 2.92. The van der Waals surface area contributed by atoms with E-state index < -0.39 is 11.9 Å². The van der Waals surface area contributed by atoms with Gasteiger partial charge in [0.2, 0.25) is 0 Å². The lowest BCUT2D eigenvalue weighted by molar-refractivity contribution is -0.133. The fourth-order valence-electron chi connectivity index (χ4n) is 1.24. The maximum Gasteiger partial charge on any atom is 0.331 e. The zero-order chi connectivity index (χ0) is 13.7. The highest BCUT2D eigenvalue weighted by Gasteiger charge is 2.12. The van der Waals surface area contributed by atoms with Gasteiger partial charge in [0, 0.05) is 22.4 Å². The van der Waals surface area contributed by atoms with Crippen LogP contribution in [-0.4, -0.2) is 17.0 Å². The Labute approximate surface area is 105 Å². The lowest BCUT2D eigenvalue weighted by Gasteiger charge is -2.07. The first-order chi connectivity index (χ1) is 8.45. The molecule has 0 aliphatic carbocycles. The highest BCUT2D eigenvalue weighted by Crippen LogP contribution is 2.12. The first-order valence-corrected chi connectivity index (χ1v) is 5.24. The van der Waals surface area contributed by atoms with Crippen LogP contribution in [0.4, 0.5) is 5.69 Å². The molecule has 4 heteroatoms. The van der Waals surface area contributed by atoms with Crippen molar-refractivity contribution in [3.8, 4) is 12.3 Å². The quantitative estimate of drug-likeness (QED) is 0.630. The second kappa shape index (κ2) is 5.69. The molecule has 92 valence electrons. The molecule has 18 heavy (non-hydrogen) atoms. The third-order valence-corrected chi connectivity index (χ3v) is 2.51. The van der Waals surface area contributed by atoms with E-state index in [1.807, 2.05) is 0 Å². The Kier molecular flexibility index (Phi) is 4.27. The molecule has 0 aliphatic heterocycles. The van der Waals surface area contributed by atoms with Crippen LogP contribution < -0.4 is 5.32 Å². The summed E-state index contributed by atoms with van der Waals surface area (Å²) in [5.74, 6) is 0.888. The van der Waals surface area contributed by atoms with E-state index in [1.54, 1.807) is 24.3 Å². The summed E-state index contributed by atoms with van der Waals surface area (Å²) in [4.78, 5) is 22.5. The summed E-state index contributed by atoms with van der Waals surface area (Å²) >= 11 is 0. The average molecular weight is 243 g/mol. The number of benzene rings is 1. The van der Waals surface area contributed by atoms with Crippen molar-refractivity contribution in [2.45, 2.75) is 13.8 Å². The minimum atomic E-state index is -1.11. The Morgan fingerprint density at radius 1 is 1.28 bits per heavy atom. The number of carbonyl (C=O) groups excluding carboxylic acids is 1. The summed E-state index contributed by atoms with van der Waals surface area (Å²) in [7, 11) is 0. The molecule has 0 heterocycles. The number of terminal acetylenes is 1. The number of amides is 1. The van der Waals surface area contributed by atoms with Crippen LogP contribution in [0.5, 0.6) is 0 Å². The van der Waals surface area contributed by atoms with Crippen molar-refractivity contribution in [2.75, 3.05) is 5.32 Å². The Hall–Kier alpha value is -2.54. The van der Waals surface area contributed by atoms with Crippen LogP contribution in [0.3, 0.4) is 0 Å². The van der Waals surface area contributed by atoms with E-state index in [-0.39, 0.29) is 11.1 Å². The summed E-state index contributed by atoms with van der Waals surface area (Å²) in [6, 6.07) is 6.78. The third-order valence-electron chi connectivity index (χ3n) is 2.51. The topological polar surface area (TPSA) is 66.4 Å². The molecular weight excluding hydrogens is 230 g/mol. The second-order valence-electron chi connectivity index (χ2n) is 3.73. The number of hydrogen-bond donors (Lipinski definition) is 2. The van der Waals surface area contributed by atoms with E-state index in [1.165, 1.54) is 13.8 Å². The van der Waals surface area contributed by atoms with Crippen LogP contribution in [0.1, 0.15) is 19.4 Å². The molecule has 0 radical (unpaired) electrons. The van der Waals surface area contributed by atoms with Crippen molar-refractivity contribution >= 4 is 17.6 Å². The van der Waals surface area contributed by atoms with Gasteiger partial charge >= 0.3 is 5.97 Å². The van der Waals surface area contributed by atoms with Crippen LogP contribution in [0.2, 0.25) is 0 Å². The highest BCUT2D eigenvalue weighted by atomic mass is 16.4. The maximum absolute atomic E-state index is 11.8. The van der Waals surface area contributed by atoms with Crippen molar-refractivity contribution < 1.29 is 14.7 Å². The van der Waals surface area contributed by atoms with Crippen LogP contribution in [-0.2, 0) is 9.59 Å². The molecule has 1 aromatic carbocycles. The minimum absolute atomic E-state index is 0.0144. The fraction of sp³-hybridized carbons (Fsp3) is 0.143.